The van der Waals surface area contributed by atoms with E-state index in [9.17, 15) is 14.0 Å². The smallest absolute Gasteiger partial charge is 0.350 e. The highest BCUT2D eigenvalue weighted by molar-refractivity contribution is 7.21. The Morgan fingerprint density at radius 3 is 2.69 bits per heavy atom. The number of halogens is 2. The van der Waals surface area contributed by atoms with Gasteiger partial charge in [0.05, 0.1) is 17.5 Å². The predicted molar refractivity (Wildman–Crippen MR) is 111 cm³/mol. The lowest BCUT2D eigenvalue weighted by Gasteiger charge is -2.25. The number of nitriles is 1. The lowest BCUT2D eigenvalue weighted by Crippen LogP contribution is -2.40. The van der Waals surface area contributed by atoms with Crippen molar-refractivity contribution in [1.29, 1.82) is 5.26 Å². The summed E-state index contributed by atoms with van der Waals surface area (Å²) in [5, 5.41) is 9.59. The molecule has 0 bridgehead atoms. The average Bonchev–Trinajstić information content (AvgIpc) is 3.04. The fourth-order valence-electron chi connectivity index (χ4n) is 2.79. The second kappa shape index (κ2) is 9.03. The molecule has 8 heteroatoms. The van der Waals surface area contributed by atoms with Crippen molar-refractivity contribution in [3.05, 3.63) is 64.2 Å². The first kappa shape index (κ1) is 20.8. The summed E-state index contributed by atoms with van der Waals surface area (Å²) >= 11 is 7.25. The predicted octanol–water partition coefficient (Wildman–Crippen LogP) is 5.19. The van der Waals surface area contributed by atoms with Gasteiger partial charge in [-0.3, -0.25) is 4.79 Å². The van der Waals surface area contributed by atoms with Crippen LogP contribution in [-0.4, -0.2) is 24.5 Å². The van der Waals surface area contributed by atoms with Crippen molar-refractivity contribution in [3.63, 3.8) is 0 Å². The number of nitrogens with zero attached hydrogens (tertiary/aromatic N) is 2. The molecule has 1 amide bonds. The van der Waals surface area contributed by atoms with Crippen molar-refractivity contribution >= 4 is 50.6 Å². The van der Waals surface area contributed by atoms with E-state index in [-0.39, 0.29) is 22.9 Å². The molecule has 148 valence electrons. The van der Waals surface area contributed by atoms with Gasteiger partial charge in [0.25, 0.3) is 5.91 Å². The number of hydrogen-bond acceptors (Lipinski definition) is 5. The Balaban J connectivity index is 1.80. The van der Waals surface area contributed by atoms with Crippen molar-refractivity contribution in [2.24, 2.45) is 0 Å². The maximum absolute atomic E-state index is 13.4. The third kappa shape index (κ3) is 4.56. The molecule has 0 N–H and O–H groups in total. The van der Waals surface area contributed by atoms with E-state index < -0.39 is 23.8 Å². The van der Waals surface area contributed by atoms with E-state index >= 15 is 0 Å². The minimum absolute atomic E-state index is 0.107. The monoisotopic (exact) mass is 430 g/mol. The van der Waals surface area contributed by atoms with E-state index in [0.29, 0.717) is 15.8 Å². The highest BCUT2D eigenvalue weighted by Gasteiger charge is 2.27. The summed E-state index contributed by atoms with van der Waals surface area (Å²) in [5.74, 6) is -1.65. The number of thiophene rings is 1. The maximum Gasteiger partial charge on any atom is 0.350 e. The number of carbonyl (C=O) groups excluding carboxylic acids is 2. The Hall–Kier alpha value is -2.95. The minimum atomic E-state index is -1.10. The molecule has 0 saturated heterocycles. The number of ether oxygens (including phenoxy) is 1. The molecule has 3 rings (SSSR count). The summed E-state index contributed by atoms with van der Waals surface area (Å²) in [4.78, 5) is 27.0. The quantitative estimate of drug-likeness (QED) is 0.505. The van der Waals surface area contributed by atoms with Crippen LogP contribution in [0.2, 0.25) is 5.02 Å². The van der Waals surface area contributed by atoms with E-state index in [2.05, 4.69) is 0 Å². The first-order valence-electron chi connectivity index (χ1n) is 8.74. The zero-order chi connectivity index (χ0) is 21.0. The number of amides is 1. The molecule has 29 heavy (non-hydrogen) atoms. The standard InChI is InChI=1S/C21H16ClFN2O3S/c1-13(20(26)25(11-5-10-24)15-6-3-2-4-7-15)28-21(27)19-18(22)16-9-8-14(23)12-17(16)29-19/h2-4,6-9,12-13H,5,11H2,1H3/t13-/m0/s1. The first-order valence-corrected chi connectivity index (χ1v) is 9.93. The molecule has 1 aromatic heterocycles. The molecule has 0 aliphatic heterocycles. The van der Waals surface area contributed by atoms with Crippen molar-refractivity contribution < 1.29 is 18.7 Å². The highest BCUT2D eigenvalue weighted by atomic mass is 35.5. The van der Waals surface area contributed by atoms with Gasteiger partial charge in [0.2, 0.25) is 0 Å². The molecule has 0 spiro atoms. The van der Waals surface area contributed by atoms with Gasteiger partial charge in [-0.05, 0) is 37.3 Å². The summed E-state index contributed by atoms with van der Waals surface area (Å²) in [6, 6.07) is 14.9. The molecule has 5 nitrogen and oxygen atoms in total. The zero-order valence-electron chi connectivity index (χ0n) is 15.4. The number of carbonyl (C=O) groups is 2. The molecule has 2 aromatic carbocycles. The fourth-order valence-corrected chi connectivity index (χ4v) is 4.21. The largest absolute Gasteiger partial charge is 0.448 e. The van der Waals surface area contributed by atoms with Crippen LogP contribution in [0.1, 0.15) is 23.0 Å². The first-order chi connectivity index (χ1) is 13.9. The van der Waals surface area contributed by atoms with E-state index in [4.69, 9.17) is 21.6 Å². The number of fused-ring (bicyclic) bond motifs is 1. The van der Waals surface area contributed by atoms with Crippen LogP contribution in [0.5, 0.6) is 0 Å². The lowest BCUT2D eigenvalue weighted by atomic mass is 10.2. The summed E-state index contributed by atoms with van der Waals surface area (Å²) in [6.07, 6.45) is -0.964. The second-order valence-electron chi connectivity index (χ2n) is 6.17. The number of anilines is 1. The minimum Gasteiger partial charge on any atom is -0.448 e. The van der Waals surface area contributed by atoms with Crippen molar-refractivity contribution in [3.8, 4) is 6.07 Å². The average molecular weight is 431 g/mol. The Morgan fingerprint density at radius 2 is 2.00 bits per heavy atom. The van der Waals surface area contributed by atoms with E-state index in [1.54, 1.807) is 24.3 Å². The molecule has 0 aliphatic carbocycles. The van der Waals surface area contributed by atoms with Gasteiger partial charge in [0.1, 0.15) is 10.7 Å². The van der Waals surface area contributed by atoms with Gasteiger partial charge >= 0.3 is 5.97 Å². The number of para-hydroxylation sites is 1. The van der Waals surface area contributed by atoms with Crippen LogP contribution in [0.3, 0.4) is 0 Å². The van der Waals surface area contributed by atoms with Gasteiger partial charge in [-0.25, -0.2) is 9.18 Å². The number of rotatable bonds is 6. The number of esters is 1. The van der Waals surface area contributed by atoms with Gasteiger partial charge in [-0.2, -0.15) is 5.26 Å². The van der Waals surface area contributed by atoms with Gasteiger partial charge in [0, 0.05) is 22.3 Å². The summed E-state index contributed by atoms with van der Waals surface area (Å²) in [7, 11) is 0. The van der Waals surface area contributed by atoms with E-state index in [1.807, 2.05) is 12.1 Å². The van der Waals surface area contributed by atoms with Crippen LogP contribution in [0.15, 0.2) is 48.5 Å². The summed E-state index contributed by atoms with van der Waals surface area (Å²) in [5.41, 5.74) is 0.603. The van der Waals surface area contributed by atoms with Crippen LogP contribution in [0, 0.1) is 17.1 Å². The summed E-state index contributed by atoms with van der Waals surface area (Å²) < 4.78 is 19.3. The van der Waals surface area contributed by atoms with E-state index in [0.717, 1.165) is 11.3 Å². The molecule has 1 heterocycles. The van der Waals surface area contributed by atoms with Crippen LogP contribution in [0.4, 0.5) is 10.1 Å². The molecular formula is C21H16ClFN2O3S. The van der Waals surface area contributed by atoms with Gasteiger partial charge in [-0.15, -0.1) is 11.3 Å². The van der Waals surface area contributed by atoms with Crippen molar-refractivity contribution in [2.45, 2.75) is 19.4 Å². The zero-order valence-corrected chi connectivity index (χ0v) is 17.0. The van der Waals surface area contributed by atoms with Crippen LogP contribution in [0.25, 0.3) is 10.1 Å². The van der Waals surface area contributed by atoms with Crippen molar-refractivity contribution in [1.82, 2.24) is 0 Å². The van der Waals surface area contributed by atoms with Crippen LogP contribution in [-0.2, 0) is 9.53 Å². The number of hydrogen-bond donors (Lipinski definition) is 0. The van der Waals surface area contributed by atoms with Crippen molar-refractivity contribution in [2.75, 3.05) is 11.4 Å². The van der Waals surface area contributed by atoms with Crippen LogP contribution >= 0.6 is 22.9 Å². The third-order valence-electron chi connectivity index (χ3n) is 4.19. The molecular weight excluding hydrogens is 415 g/mol. The Kier molecular flexibility index (Phi) is 6.47. The topological polar surface area (TPSA) is 70.4 Å². The molecule has 0 unspecified atom stereocenters. The Morgan fingerprint density at radius 1 is 1.28 bits per heavy atom. The molecule has 0 radical (unpaired) electrons. The Bertz CT molecular complexity index is 1090. The van der Waals surface area contributed by atoms with Crippen LogP contribution < -0.4 is 4.90 Å². The molecule has 0 saturated carbocycles. The summed E-state index contributed by atoms with van der Waals surface area (Å²) in [6.45, 7) is 1.63. The maximum atomic E-state index is 13.4. The highest BCUT2D eigenvalue weighted by Crippen LogP contribution is 2.36. The molecule has 3 aromatic rings. The molecule has 0 aliphatic rings. The number of benzene rings is 2. The third-order valence-corrected chi connectivity index (χ3v) is 5.83. The Labute approximate surface area is 175 Å². The SMILES string of the molecule is C[C@H](OC(=O)c1sc2cc(F)ccc2c1Cl)C(=O)N(CCC#N)c1ccccc1. The molecule has 1 atom stereocenters. The van der Waals surface area contributed by atoms with E-state index in [1.165, 1.54) is 30.0 Å². The van der Waals surface area contributed by atoms with Gasteiger partial charge < -0.3 is 9.64 Å². The van der Waals surface area contributed by atoms with Gasteiger partial charge in [0.15, 0.2) is 6.10 Å². The fraction of sp³-hybridized carbons (Fsp3) is 0.190. The molecule has 0 fully saturated rings. The van der Waals surface area contributed by atoms with Gasteiger partial charge in [-0.1, -0.05) is 29.8 Å². The lowest BCUT2D eigenvalue weighted by molar-refractivity contribution is -0.126. The normalized spacial score (nSPS) is 11.7. The second-order valence-corrected chi connectivity index (χ2v) is 7.60.